The minimum absolute atomic E-state index is 1.14. The second-order valence-corrected chi connectivity index (χ2v) is 2.64. The summed E-state index contributed by atoms with van der Waals surface area (Å²) < 4.78 is 0. The van der Waals surface area contributed by atoms with Gasteiger partial charge in [-0.15, -0.1) is 0 Å². The normalized spacial score (nSPS) is 10.1. The zero-order chi connectivity index (χ0) is 11.0. The largest absolute Gasteiger partial charge is 0.264 e. The molecule has 0 fully saturated rings. The van der Waals surface area contributed by atoms with E-state index in [2.05, 4.69) is 24.6 Å². The van der Waals surface area contributed by atoms with Crippen LogP contribution in [0.4, 0.5) is 0 Å². The number of allylic oxidation sites excluding steroid dienone is 2. The Hall–Kier alpha value is -1.37. The van der Waals surface area contributed by atoms with Gasteiger partial charge in [0.2, 0.25) is 0 Å². The second-order valence-electron chi connectivity index (χ2n) is 2.64. The molecule has 0 aliphatic heterocycles. The molecule has 14 heavy (non-hydrogen) atoms. The van der Waals surface area contributed by atoms with Gasteiger partial charge in [-0.05, 0) is 31.1 Å². The van der Waals surface area contributed by atoms with E-state index in [4.69, 9.17) is 0 Å². The fourth-order valence-electron chi connectivity index (χ4n) is 1.07. The topological polar surface area (TPSA) is 12.9 Å². The third-order valence-electron chi connectivity index (χ3n) is 1.93. The highest BCUT2D eigenvalue weighted by molar-refractivity contribution is 5.71. The minimum atomic E-state index is 1.14. The number of nitrogens with zero attached hydrogens (tertiary/aromatic N) is 1. The van der Waals surface area contributed by atoms with Crippen LogP contribution in [0, 0.1) is 0 Å². The lowest BCUT2D eigenvalue weighted by Gasteiger charge is -2.03. The number of aromatic nitrogens is 1. The van der Waals surface area contributed by atoms with Crippen molar-refractivity contribution in [2.75, 3.05) is 0 Å². The van der Waals surface area contributed by atoms with Crippen LogP contribution in [0.2, 0.25) is 0 Å². The van der Waals surface area contributed by atoms with E-state index in [9.17, 15) is 0 Å². The predicted octanol–water partition coefficient (Wildman–Crippen LogP) is 4.17. The SMILES string of the molecule is C=Cc1ccncc1/C(C)=C\C.CC. The molecule has 76 valence electrons. The molecule has 0 aliphatic carbocycles. The predicted molar refractivity (Wildman–Crippen MR) is 65.0 cm³/mol. The Morgan fingerprint density at radius 1 is 1.43 bits per heavy atom. The van der Waals surface area contributed by atoms with Gasteiger partial charge in [-0.25, -0.2) is 0 Å². The van der Waals surface area contributed by atoms with Crippen molar-refractivity contribution in [3.63, 3.8) is 0 Å². The van der Waals surface area contributed by atoms with Crippen molar-refractivity contribution >= 4 is 11.6 Å². The Morgan fingerprint density at radius 2 is 2.07 bits per heavy atom. The summed E-state index contributed by atoms with van der Waals surface area (Å²) in [6.45, 7) is 11.8. The van der Waals surface area contributed by atoms with Gasteiger partial charge in [-0.3, -0.25) is 4.98 Å². The fraction of sp³-hybridized carbons (Fsp3) is 0.308. The highest BCUT2D eigenvalue weighted by Gasteiger charge is 1.98. The van der Waals surface area contributed by atoms with Gasteiger partial charge in [0.1, 0.15) is 0 Å². The van der Waals surface area contributed by atoms with Crippen LogP contribution in [-0.2, 0) is 0 Å². The molecule has 0 unspecified atom stereocenters. The van der Waals surface area contributed by atoms with Crippen LogP contribution in [0.3, 0.4) is 0 Å². The van der Waals surface area contributed by atoms with Crippen LogP contribution in [0.25, 0.3) is 11.6 Å². The van der Waals surface area contributed by atoms with E-state index >= 15 is 0 Å². The standard InChI is InChI=1S/C11H13N.C2H6/c1-4-9(3)11-8-12-7-6-10(11)5-2;1-2/h4-8H,2H2,1,3H3;1-2H3/b9-4-;. The van der Waals surface area contributed by atoms with Gasteiger partial charge in [0.15, 0.2) is 0 Å². The molecule has 0 aliphatic rings. The first kappa shape index (κ1) is 12.6. The number of rotatable bonds is 2. The molecule has 1 heteroatoms. The summed E-state index contributed by atoms with van der Waals surface area (Å²) in [5.41, 5.74) is 3.54. The van der Waals surface area contributed by atoms with Crippen molar-refractivity contribution < 1.29 is 0 Å². The van der Waals surface area contributed by atoms with Crippen molar-refractivity contribution in [3.05, 3.63) is 42.2 Å². The minimum Gasteiger partial charge on any atom is -0.264 e. The van der Waals surface area contributed by atoms with E-state index in [-0.39, 0.29) is 0 Å². The molecule has 0 radical (unpaired) electrons. The van der Waals surface area contributed by atoms with Gasteiger partial charge < -0.3 is 0 Å². The summed E-state index contributed by atoms with van der Waals surface area (Å²) >= 11 is 0. The van der Waals surface area contributed by atoms with Crippen LogP contribution in [0.15, 0.2) is 31.1 Å². The van der Waals surface area contributed by atoms with Gasteiger partial charge in [-0.2, -0.15) is 0 Å². The second kappa shape index (κ2) is 7.07. The molecule has 0 saturated heterocycles. The molecular weight excluding hydrogens is 170 g/mol. The molecule has 0 bridgehead atoms. The maximum Gasteiger partial charge on any atom is 0.0348 e. The van der Waals surface area contributed by atoms with Crippen LogP contribution in [0.1, 0.15) is 38.8 Å². The molecule has 1 aromatic rings. The van der Waals surface area contributed by atoms with E-state index in [1.807, 2.05) is 39.1 Å². The first-order valence-corrected chi connectivity index (χ1v) is 4.99. The smallest absolute Gasteiger partial charge is 0.0348 e. The highest BCUT2D eigenvalue weighted by Crippen LogP contribution is 2.17. The first-order valence-electron chi connectivity index (χ1n) is 4.99. The van der Waals surface area contributed by atoms with Crippen LogP contribution in [-0.4, -0.2) is 4.98 Å². The van der Waals surface area contributed by atoms with E-state index in [0.29, 0.717) is 0 Å². The number of hydrogen-bond acceptors (Lipinski definition) is 1. The van der Waals surface area contributed by atoms with Gasteiger partial charge in [0, 0.05) is 18.0 Å². The average molecular weight is 189 g/mol. The van der Waals surface area contributed by atoms with E-state index in [1.165, 1.54) is 5.57 Å². The quantitative estimate of drug-likeness (QED) is 0.680. The Labute approximate surface area is 87.2 Å². The Morgan fingerprint density at radius 3 is 2.57 bits per heavy atom. The third-order valence-corrected chi connectivity index (χ3v) is 1.93. The first-order chi connectivity index (χ1) is 6.79. The van der Waals surface area contributed by atoms with E-state index < -0.39 is 0 Å². The van der Waals surface area contributed by atoms with E-state index in [1.54, 1.807) is 6.20 Å². The molecular formula is C13H19N. The van der Waals surface area contributed by atoms with Crippen molar-refractivity contribution in [1.82, 2.24) is 4.98 Å². The third kappa shape index (κ3) is 3.17. The summed E-state index contributed by atoms with van der Waals surface area (Å²) in [6, 6.07) is 1.97. The zero-order valence-electron chi connectivity index (χ0n) is 9.54. The highest BCUT2D eigenvalue weighted by atomic mass is 14.6. The molecule has 1 aromatic heterocycles. The molecule has 1 heterocycles. The van der Waals surface area contributed by atoms with Crippen molar-refractivity contribution in [3.8, 4) is 0 Å². The van der Waals surface area contributed by atoms with Crippen molar-refractivity contribution in [1.29, 1.82) is 0 Å². The zero-order valence-corrected chi connectivity index (χ0v) is 9.54. The lowest BCUT2D eigenvalue weighted by Crippen LogP contribution is -1.86. The summed E-state index contributed by atoms with van der Waals surface area (Å²) in [5, 5.41) is 0. The number of hydrogen-bond donors (Lipinski definition) is 0. The summed E-state index contributed by atoms with van der Waals surface area (Å²) in [6.07, 6.45) is 7.57. The monoisotopic (exact) mass is 189 g/mol. The molecule has 0 aromatic carbocycles. The average Bonchev–Trinajstić information content (AvgIpc) is 2.30. The molecule has 0 amide bonds. The maximum atomic E-state index is 4.07. The van der Waals surface area contributed by atoms with Crippen molar-refractivity contribution in [2.45, 2.75) is 27.7 Å². The van der Waals surface area contributed by atoms with Crippen LogP contribution < -0.4 is 0 Å². The molecule has 0 N–H and O–H groups in total. The molecule has 0 spiro atoms. The summed E-state index contributed by atoms with van der Waals surface area (Å²) in [7, 11) is 0. The Kier molecular flexibility index (Phi) is 6.38. The van der Waals surface area contributed by atoms with Gasteiger partial charge >= 0.3 is 0 Å². The Balaban J connectivity index is 0.000000791. The summed E-state index contributed by atoms with van der Waals surface area (Å²) in [5.74, 6) is 0. The molecule has 1 rings (SSSR count). The van der Waals surface area contributed by atoms with Gasteiger partial charge in [0.05, 0.1) is 0 Å². The molecule has 1 nitrogen and oxygen atoms in total. The fourth-order valence-corrected chi connectivity index (χ4v) is 1.07. The molecule has 0 atom stereocenters. The van der Waals surface area contributed by atoms with E-state index in [0.717, 1.165) is 11.1 Å². The van der Waals surface area contributed by atoms with Gasteiger partial charge in [0.25, 0.3) is 0 Å². The van der Waals surface area contributed by atoms with Crippen LogP contribution in [0.5, 0.6) is 0 Å². The summed E-state index contributed by atoms with van der Waals surface area (Å²) in [4.78, 5) is 4.07. The molecule has 0 saturated carbocycles. The van der Waals surface area contributed by atoms with Gasteiger partial charge in [-0.1, -0.05) is 32.6 Å². The maximum absolute atomic E-state index is 4.07. The van der Waals surface area contributed by atoms with Crippen LogP contribution >= 0.6 is 0 Å². The van der Waals surface area contributed by atoms with Crippen molar-refractivity contribution in [2.24, 2.45) is 0 Å². The lowest BCUT2D eigenvalue weighted by atomic mass is 10.0. The Bertz CT molecular complexity index is 311. The number of pyridine rings is 1. The lowest BCUT2D eigenvalue weighted by molar-refractivity contribution is 1.29.